The van der Waals surface area contributed by atoms with Gasteiger partial charge in [-0.25, -0.2) is 13.9 Å². The standard InChI is InChI=1S/C18H19FN6O2/c1-11-15(12(2)25-18(22-11)20-10-21-25)7-8-16(26)23-24-17(27)9-13-3-5-14(19)6-4-13/h3-6,10H,7-9H2,1-2H3,(H,23,26)(H,24,27). The van der Waals surface area contributed by atoms with Crippen LogP contribution in [0.25, 0.3) is 5.78 Å². The maximum atomic E-state index is 12.9. The van der Waals surface area contributed by atoms with Crippen LogP contribution in [-0.4, -0.2) is 31.4 Å². The van der Waals surface area contributed by atoms with E-state index in [2.05, 4.69) is 25.9 Å². The number of hydrogen-bond acceptors (Lipinski definition) is 5. The molecule has 3 aromatic rings. The molecule has 0 radical (unpaired) electrons. The van der Waals surface area contributed by atoms with E-state index in [9.17, 15) is 14.0 Å². The van der Waals surface area contributed by atoms with Gasteiger partial charge in [0.15, 0.2) is 0 Å². The Morgan fingerprint density at radius 2 is 1.81 bits per heavy atom. The summed E-state index contributed by atoms with van der Waals surface area (Å²) in [4.78, 5) is 32.3. The van der Waals surface area contributed by atoms with Crippen molar-refractivity contribution < 1.29 is 14.0 Å². The van der Waals surface area contributed by atoms with E-state index < -0.39 is 0 Å². The number of carbonyl (C=O) groups is 2. The molecule has 3 rings (SSSR count). The van der Waals surface area contributed by atoms with Crippen LogP contribution in [0.15, 0.2) is 30.6 Å². The topological polar surface area (TPSA) is 101 Å². The van der Waals surface area contributed by atoms with Crippen molar-refractivity contribution in [1.82, 2.24) is 30.4 Å². The number of halogens is 1. The van der Waals surface area contributed by atoms with Crippen LogP contribution in [0.5, 0.6) is 0 Å². The molecule has 140 valence electrons. The first-order valence-electron chi connectivity index (χ1n) is 8.42. The van der Waals surface area contributed by atoms with Gasteiger partial charge in [-0.3, -0.25) is 20.4 Å². The van der Waals surface area contributed by atoms with Crippen LogP contribution >= 0.6 is 0 Å². The number of rotatable bonds is 5. The molecule has 8 nitrogen and oxygen atoms in total. The van der Waals surface area contributed by atoms with Crippen LogP contribution in [0.2, 0.25) is 0 Å². The van der Waals surface area contributed by atoms with Crippen LogP contribution in [-0.2, 0) is 22.4 Å². The van der Waals surface area contributed by atoms with Gasteiger partial charge in [0.05, 0.1) is 6.42 Å². The van der Waals surface area contributed by atoms with Crippen molar-refractivity contribution in [2.24, 2.45) is 0 Å². The molecule has 1 aromatic carbocycles. The minimum absolute atomic E-state index is 0.0473. The van der Waals surface area contributed by atoms with Crippen LogP contribution in [0.4, 0.5) is 4.39 Å². The summed E-state index contributed by atoms with van der Waals surface area (Å²) in [6.45, 7) is 3.76. The number of aryl methyl sites for hydroxylation is 2. The number of hydrogen-bond donors (Lipinski definition) is 2. The summed E-state index contributed by atoms with van der Waals surface area (Å²) < 4.78 is 14.5. The molecule has 2 amide bonds. The fourth-order valence-corrected chi connectivity index (χ4v) is 2.79. The summed E-state index contributed by atoms with van der Waals surface area (Å²) in [6, 6.07) is 5.61. The highest BCUT2D eigenvalue weighted by Gasteiger charge is 2.13. The van der Waals surface area contributed by atoms with Gasteiger partial charge in [-0.1, -0.05) is 12.1 Å². The van der Waals surface area contributed by atoms with Gasteiger partial charge >= 0.3 is 0 Å². The fourth-order valence-electron chi connectivity index (χ4n) is 2.79. The lowest BCUT2D eigenvalue weighted by Crippen LogP contribution is -2.42. The summed E-state index contributed by atoms with van der Waals surface area (Å²) in [5.74, 6) is -0.546. The summed E-state index contributed by atoms with van der Waals surface area (Å²) in [6.07, 6.45) is 2.12. The molecule has 0 aliphatic heterocycles. The molecule has 9 heteroatoms. The molecule has 0 saturated heterocycles. The Kier molecular flexibility index (Phi) is 5.39. The van der Waals surface area contributed by atoms with Crippen LogP contribution in [0.3, 0.4) is 0 Å². The third-order valence-corrected chi connectivity index (χ3v) is 4.21. The predicted octanol–water partition coefficient (Wildman–Crippen LogP) is 1.20. The molecule has 0 aliphatic rings. The molecule has 2 heterocycles. The van der Waals surface area contributed by atoms with Gasteiger partial charge in [-0.2, -0.15) is 10.1 Å². The van der Waals surface area contributed by atoms with Gasteiger partial charge in [0, 0.05) is 17.8 Å². The third-order valence-electron chi connectivity index (χ3n) is 4.21. The molecule has 0 aliphatic carbocycles. The SMILES string of the molecule is Cc1nc2ncnn2c(C)c1CCC(=O)NNC(=O)Cc1ccc(F)cc1. The summed E-state index contributed by atoms with van der Waals surface area (Å²) >= 11 is 0. The van der Waals surface area contributed by atoms with Gasteiger partial charge < -0.3 is 0 Å². The highest BCUT2D eigenvalue weighted by molar-refractivity contribution is 5.83. The van der Waals surface area contributed by atoms with Crippen molar-refractivity contribution >= 4 is 17.6 Å². The molecule has 2 aromatic heterocycles. The number of fused-ring (bicyclic) bond motifs is 1. The summed E-state index contributed by atoms with van der Waals surface area (Å²) in [5, 5.41) is 4.11. The minimum Gasteiger partial charge on any atom is -0.273 e. The van der Waals surface area contributed by atoms with Gasteiger partial charge in [-0.05, 0) is 43.5 Å². The van der Waals surface area contributed by atoms with Crippen molar-refractivity contribution in [2.75, 3.05) is 0 Å². The third kappa shape index (κ3) is 4.43. The number of amides is 2. The Morgan fingerprint density at radius 3 is 2.56 bits per heavy atom. The molecule has 2 N–H and O–H groups in total. The normalized spacial score (nSPS) is 10.8. The van der Waals surface area contributed by atoms with Crippen molar-refractivity contribution in [3.8, 4) is 0 Å². The second-order valence-electron chi connectivity index (χ2n) is 6.13. The average molecular weight is 370 g/mol. The molecule has 0 bridgehead atoms. The van der Waals surface area contributed by atoms with Gasteiger partial charge in [-0.15, -0.1) is 0 Å². The number of benzene rings is 1. The van der Waals surface area contributed by atoms with Crippen LogP contribution in [0.1, 0.15) is 28.9 Å². The lowest BCUT2D eigenvalue weighted by atomic mass is 10.1. The lowest BCUT2D eigenvalue weighted by Gasteiger charge is -2.11. The smallest absolute Gasteiger partial charge is 0.252 e. The zero-order chi connectivity index (χ0) is 19.4. The summed E-state index contributed by atoms with van der Waals surface area (Å²) in [7, 11) is 0. The van der Waals surface area contributed by atoms with Crippen LogP contribution in [0, 0.1) is 19.7 Å². The van der Waals surface area contributed by atoms with E-state index in [0.717, 1.165) is 17.0 Å². The van der Waals surface area contributed by atoms with Crippen molar-refractivity contribution in [3.05, 3.63) is 58.9 Å². The molecule has 0 atom stereocenters. The lowest BCUT2D eigenvalue weighted by molar-refractivity contribution is -0.128. The first-order chi connectivity index (χ1) is 12.9. The Morgan fingerprint density at radius 1 is 1.11 bits per heavy atom. The van der Waals surface area contributed by atoms with Crippen LogP contribution < -0.4 is 10.9 Å². The molecule has 0 spiro atoms. The highest BCUT2D eigenvalue weighted by atomic mass is 19.1. The molecular formula is C18H19FN6O2. The highest BCUT2D eigenvalue weighted by Crippen LogP contribution is 2.14. The molecule has 0 saturated carbocycles. The number of nitrogens with zero attached hydrogens (tertiary/aromatic N) is 4. The van der Waals surface area contributed by atoms with E-state index in [1.54, 1.807) is 4.52 Å². The van der Waals surface area contributed by atoms with E-state index in [0.29, 0.717) is 17.8 Å². The molecule has 0 unspecified atom stereocenters. The maximum absolute atomic E-state index is 12.9. The monoisotopic (exact) mass is 370 g/mol. The van der Waals surface area contributed by atoms with E-state index in [1.807, 2.05) is 13.8 Å². The van der Waals surface area contributed by atoms with Gasteiger partial charge in [0.2, 0.25) is 11.8 Å². The molecule has 0 fully saturated rings. The second kappa shape index (κ2) is 7.90. The van der Waals surface area contributed by atoms with Crippen molar-refractivity contribution in [2.45, 2.75) is 33.1 Å². The number of aromatic nitrogens is 4. The number of nitrogens with one attached hydrogen (secondary N) is 2. The number of carbonyl (C=O) groups excluding carboxylic acids is 2. The van der Waals surface area contributed by atoms with Gasteiger partial charge in [0.1, 0.15) is 12.1 Å². The Bertz CT molecular complexity index is 983. The zero-order valence-electron chi connectivity index (χ0n) is 15.0. The largest absolute Gasteiger partial charge is 0.273 e. The van der Waals surface area contributed by atoms with E-state index in [1.165, 1.54) is 30.6 Å². The predicted molar refractivity (Wildman–Crippen MR) is 95.0 cm³/mol. The first-order valence-corrected chi connectivity index (χ1v) is 8.42. The van der Waals surface area contributed by atoms with E-state index in [-0.39, 0.29) is 30.5 Å². The summed E-state index contributed by atoms with van der Waals surface area (Å²) in [5.41, 5.74) is 7.99. The Labute approximate surface area is 154 Å². The van der Waals surface area contributed by atoms with E-state index >= 15 is 0 Å². The molecule has 27 heavy (non-hydrogen) atoms. The second-order valence-corrected chi connectivity index (χ2v) is 6.13. The Balaban J connectivity index is 1.51. The van der Waals surface area contributed by atoms with Crippen molar-refractivity contribution in [1.29, 1.82) is 0 Å². The zero-order valence-corrected chi connectivity index (χ0v) is 15.0. The minimum atomic E-state index is -0.381. The maximum Gasteiger partial charge on any atom is 0.252 e. The average Bonchev–Trinajstić information content (AvgIpc) is 3.10. The van der Waals surface area contributed by atoms with Gasteiger partial charge in [0.25, 0.3) is 5.78 Å². The Hall–Kier alpha value is -3.36. The van der Waals surface area contributed by atoms with E-state index in [4.69, 9.17) is 0 Å². The quantitative estimate of drug-likeness (QED) is 0.657. The van der Waals surface area contributed by atoms with Crippen molar-refractivity contribution in [3.63, 3.8) is 0 Å². The fraction of sp³-hybridized carbons (Fsp3) is 0.278. The first kappa shape index (κ1) is 18.4. The molecular weight excluding hydrogens is 351 g/mol. The number of hydrazine groups is 1.